The van der Waals surface area contributed by atoms with E-state index in [4.69, 9.17) is 9.47 Å². The van der Waals surface area contributed by atoms with Crippen molar-refractivity contribution < 1.29 is 9.47 Å². The zero-order valence-corrected chi connectivity index (χ0v) is 15.6. The van der Waals surface area contributed by atoms with Crippen LogP contribution in [0.1, 0.15) is 24.0 Å². The maximum Gasteiger partial charge on any atom is 0.118 e. The smallest absolute Gasteiger partial charge is 0.118 e. The van der Waals surface area contributed by atoms with E-state index in [-0.39, 0.29) is 0 Å². The first kappa shape index (κ1) is 18.5. The third-order valence-corrected chi connectivity index (χ3v) is 4.85. The second-order valence-corrected chi connectivity index (χ2v) is 6.60. The van der Waals surface area contributed by atoms with Gasteiger partial charge in [-0.3, -0.25) is 0 Å². The molecule has 138 valence electrons. The zero-order chi connectivity index (χ0) is 18.2. The van der Waals surface area contributed by atoms with E-state index in [9.17, 15) is 0 Å². The lowest BCUT2D eigenvalue weighted by molar-refractivity contribution is 0.380. The van der Waals surface area contributed by atoms with Crippen molar-refractivity contribution in [3.8, 4) is 11.5 Å². The summed E-state index contributed by atoms with van der Waals surface area (Å²) in [5.74, 6) is 1.79. The van der Waals surface area contributed by atoms with Gasteiger partial charge in [-0.25, -0.2) is 0 Å². The van der Waals surface area contributed by atoms with Crippen LogP contribution in [0.15, 0.2) is 60.7 Å². The van der Waals surface area contributed by atoms with Gasteiger partial charge in [0.2, 0.25) is 0 Å². The molecule has 2 aromatic carbocycles. The van der Waals surface area contributed by atoms with Gasteiger partial charge in [-0.15, -0.1) is 0 Å². The molecule has 0 fully saturated rings. The summed E-state index contributed by atoms with van der Waals surface area (Å²) in [6, 6.07) is 17.3. The number of hydrogen-bond donors (Lipinski definition) is 2. The van der Waals surface area contributed by atoms with E-state index in [1.807, 2.05) is 24.3 Å². The van der Waals surface area contributed by atoms with E-state index >= 15 is 0 Å². The first-order valence-corrected chi connectivity index (χ1v) is 9.18. The van der Waals surface area contributed by atoms with Crippen LogP contribution in [0.2, 0.25) is 0 Å². The van der Waals surface area contributed by atoms with Gasteiger partial charge in [-0.2, -0.15) is 0 Å². The van der Waals surface area contributed by atoms with Gasteiger partial charge in [0, 0.05) is 25.2 Å². The highest BCUT2D eigenvalue weighted by Crippen LogP contribution is 2.16. The van der Waals surface area contributed by atoms with Crippen LogP contribution in [0.5, 0.6) is 11.5 Å². The van der Waals surface area contributed by atoms with Crippen LogP contribution in [0.4, 0.5) is 0 Å². The Morgan fingerprint density at radius 3 is 1.88 bits per heavy atom. The highest BCUT2D eigenvalue weighted by atomic mass is 16.5. The van der Waals surface area contributed by atoms with Gasteiger partial charge in [-0.05, 0) is 48.2 Å². The lowest BCUT2D eigenvalue weighted by Crippen LogP contribution is -2.47. The van der Waals surface area contributed by atoms with Crippen molar-refractivity contribution in [2.75, 3.05) is 14.2 Å². The molecule has 0 aromatic heterocycles. The monoisotopic (exact) mass is 352 g/mol. The molecule has 0 unspecified atom stereocenters. The van der Waals surface area contributed by atoms with E-state index in [1.165, 1.54) is 11.1 Å². The number of ether oxygens (including phenoxy) is 2. The molecular weight excluding hydrogens is 324 g/mol. The molecule has 0 saturated carbocycles. The Labute approximate surface area is 156 Å². The van der Waals surface area contributed by atoms with E-state index in [0.29, 0.717) is 12.1 Å². The van der Waals surface area contributed by atoms with Crippen molar-refractivity contribution in [1.82, 2.24) is 10.6 Å². The maximum absolute atomic E-state index is 5.22. The van der Waals surface area contributed by atoms with Crippen molar-refractivity contribution in [2.24, 2.45) is 0 Å². The standard InChI is InChI=1S/C22H28N2O2/c1-25-19-11-7-17(8-12-19)15-23-21-5-3-4-6-22(21)24-16-18-9-13-20(26-2)14-10-18/h3,5,7-14,21-24H,4,6,15-16H2,1-2H3/t21-,22-/m1/s1. The summed E-state index contributed by atoms with van der Waals surface area (Å²) in [4.78, 5) is 0. The molecular formula is C22H28N2O2. The predicted octanol–water partition coefficient (Wildman–Crippen LogP) is 3.67. The first-order chi connectivity index (χ1) is 12.8. The van der Waals surface area contributed by atoms with Crippen molar-refractivity contribution >= 4 is 0 Å². The number of nitrogens with one attached hydrogen (secondary N) is 2. The van der Waals surface area contributed by atoms with Crippen LogP contribution in [0.25, 0.3) is 0 Å². The molecule has 0 bridgehead atoms. The van der Waals surface area contributed by atoms with Gasteiger partial charge < -0.3 is 20.1 Å². The zero-order valence-electron chi connectivity index (χ0n) is 15.6. The molecule has 2 aromatic rings. The topological polar surface area (TPSA) is 42.5 Å². The van der Waals surface area contributed by atoms with E-state index in [2.05, 4.69) is 47.1 Å². The fourth-order valence-electron chi connectivity index (χ4n) is 3.24. The van der Waals surface area contributed by atoms with Crippen LogP contribution < -0.4 is 20.1 Å². The molecule has 0 heterocycles. The SMILES string of the molecule is COc1ccc(CN[C@@H]2C=CCC[C@H]2NCc2ccc(OC)cc2)cc1. The Morgan fingerprint density at radius 2 is 1.35 bits per heavy atom. The second-order valence-electron chi connectivity index (χ2n) is 6.60. The summed E-state index contributed by atoms with van der Waals surface area (Å²) in [5, 5.41) is 7.38. The second kappa shape index (κ2) is 9.41. The fourth-order valence-corrected chi connectivity index (χ4v) is 3.24. The largest absolute Gasteiger partial charge is 0.497 e. The molecule has 0 radical (unpaired) electrons. The summed E-state index contributed by atoms with van der Waals surface area (Å²) in [7, 11) is 3.39. The van der Waals surface area contributed by atoms with Gasteiger partial charge in [0.1, 0.15) is 11.5 Å². The van der Waals surface area contributed by atoms with E-state index < -0.39 is 0 Å². The number of methoxy groups -OCH3 is 2. The molecule has 2 atom stereocenters. The van der Waals surface area contributed by atoms with Crippen molar-refractivity contribution in [3.63, 3.8) is 0 Å². The molecule has 0 aliphatic heterocycles. The van der Waals surface area contributed by atoms with Crippen molar-refractivity contribution in [1.29, 1.82) is 0 Å². The highest BCUT2D eigenvalue weighted by molar-refractivity contribution is 5.28. The molecule has 4 heteroatoms. The average Bonchev–Trinajstić information content (AvgIpc) is 2.72. The van der Waals surface area contributed by atoms with Crippen molar-refractivity contribution in [2.45, 2.75) is 38.0 Å². The highest BCUT2D eigenvalue weighted by Gasteiger charge is 2.20. The number of benzene rings is 2. The van der Waals surface area contributed by atoms with Crippen LogP contribution >= 0.6 is 0 Å². The summed E-state index contributed by atoms with van der Waals surface area (Å²) in [5.41, 5.74) is 2.54. The van der Waals surface area contributed by atoms with E-state index in [0.717, 1.165) is 37.4 Å². The Hall–Kier alpha value is -2.30. The quantitative estimate of drug-likeness (QED) is 0.712. The molecule has 1 aliphatic rings. The predicted molar refractivity (Wildman–Crippen MR) is 106 cm³/mol. The van der Waals surface area contributed by atoms with Gasteiger partial charge >= 0.3 is 0 Å². The molecule has 26 heavy (non-hydrogen) atoms. The van der Waals surface area contributed by atoms with Gasteiger partial charge in [-0.1, -0.05) is 36.4 Å². The molecule has 1 aliphatic carbocycles. The molecule has 0 saturated heterocycles. The average molecular weight is 352 g/mol. The Balaban J connectivity index is 1.53. The summed E-state index contributed by atoms with van der Waals surface area (Å²) < 4.78 is 10.4. The van der Waals surface area contributed by atoms with Gasteiger partial charge in [0.05, 0.1) is 14.2 Å². The van der Waals surface area contributed by atoms with E-state index in [1.54, 1.807) is 14.2 Å². The third kappa shape index (κ3) is 5.10. The van der Waals surface area contributed by atoms with Crippen molar-refractivity contribution in [3.05, 3.63) is 71.8 Å². The fraction of sp³-hybridized carbons (Fsp3) is 0.364. The summed E-state index contributed by atoms with van der Waals surface area (Å²) in [6.07, 6.45) is 6.84. The number of rotatable bonds is 8. The minimum atomic E-state index is 0.337. The lowest BCUT2D eigenvalue weighted by Gasteiger charge is -2.30. The summed E-state index contributed by atoms with van der Waals surface area (Å²) in [6.45, 7) is 1.71. The molecule has 4 nitrogen and oxygen atoms in total. The number of allylic oxidation sites excluding steroid dienone is 1. The Morgan fingerprint density at radius 1 is 0.808 bits per heavy atom. The maximum atomic E-state index is 5.22. The van der Waals surface area contributed by atoms with Crippen LogP contribution in [0, 0.1) is 0 Å². The molecule has 2 N–H and O–H groups in total. The molecule has 0 amide bonds. The van der Waals surface area contributed by atoms with Gasteiger partial charge in [0.15, 0.2) is 0 Å². The van der Waals surface area contributed by atoms with Crippen LogP contribution in [0.3, 0.4) is 0 Å². The first-order valence-electron chi connectivity index (χ1n) is 9.18. The summed E-state index contributed by atoms with van der Waals surface area (Å²) >= 11 is 0. The molecule has 3 rings (SSSR count). The lowest BCUT2D eigenvalue weighted by atomic mass is 9.96. The van der Waals surface area contributed by atoms with Gasteiger partial charge in [0.25, 0.3) is 0 Å². The minimum Gasteiger partial charge on any atom is -0.497 e. The normalized spacial score (nSPS) is 19.3. The minimum absolute atomic E-state index is 0.337. The Kier molecular flexibility index (Phi) is 6.69. The number of hydrogen-bond acceptors (Lipinski definition) is 4. The Bertz CT molecular complexity index is 695. The van der Waals surface area contributed by atoms with Crippen LogP contribution in [-0.4, -0.2) is 26.3 Å². The molecule has 0 spiro atoms. The van der Waals surface area contributed by atoms with Crippen LogP contribution in [-0.2, 0) is 13.1 Å². The third-order valence-electron chi connectivity index (χ3n) is 4.85.